The minimum atomic E-state index is -0.298. The molecule has 1 atom stereocenters. The highest BCUT2D eigenvalue weighted by Crippen LogP contribution is 2.22. The number of aromatic nitrogens is 4. The van der Waals surface area contributed by atoms with Crippen molar-refractivity contribution in [3.8, 4) is 11.3 Å². The first-order valence-electron chi connectivity index (χ1n) is 9.00. The lowest BCUT2D eigenvalue weighted by Crippen LogP contribution is -2.40. The Morgan fingerprint density at radius 3 is 3.00 bits per heavy atom. The third-order valence-electron chi connectivity index (χ3n) is 4.52. The number of hydrogen-bond donors (Lipinski definition) is 0. The van der Waals surface area contributed by atoms with Crippen LogP contribution in [0.5, 0.6) is 0 Å². The average Bonchev–Trinajstić information content (AvgIpc) is 2.73. The summed E-state index contributed by atoms with van der Waals surface area (Å²) in [5.74, 6) is 0.247. The Balaban J connectivity index is 1.44. The average molecular weight is 365 g/mol. The summed E-state index contributed by atoms with van der Waals surface area (Å²) < 4.78 is 19.5. The summed E-state index contributed by atoms with van der Waals surface area (Å²) >= 11 is 0. The van der Waals surface area contributed by atoms with Gasteiger partial charge in [0.1, 0.15) is 5.82 Å². The van der Waals surface area contributed by atoms with Gasteiger partial charge in [0, 0.05) is 24.8 Å². The zero-order valence-electron chi connectivity index (χ0n) is 14.8. The highest BCUT2D eigenvalue weighted by Gasteiger charge is 2.23. The van der Waals surface area contributed by atoms with E-state index in [1.165, 1.54) is 12.1 Å². The molecule has 6 nitrogen and oxygen atoms in total. The van der Waals surface area contributed by atoms with Crippen molar-refractivity contribution >= 4 is 5.95 Å². The van der Waals surface area contributed by atoms with E-state index in [4.69, 9.17) is 4.74 Å². The van der Waals surface area contributed by atoms with Gasteiger partial charge in [0.05, 0.1) is 30.3 Å². The van der Waals surface area contributed by atoms with E-state index in [0.29, 0.717) is 30.4 Å². The molecule has 0 amide bonds. The number of anilines is 1. The Morgan fingerprint density at radius 1 is 1.19 bits per heavy atom. The molecule has 0 aliphatic carbocycles. The van der Waals surface area contributed by atoms with Crippen molar-refractivity contribution in [3.63, 3.8) is 0 Å². The summed E-state index contributed by atoms with van der Waals surface area (Å²) in [4.78, 5) is 10.9. The molecule has 7 heteroatoms. The monoisotopic (exact) mass is 365 g/mol. The van der Waals surface area contributed by atoms with Crippen LogP contribution in [-0.4, -0.2) is 39.4 Å². The highest BCUT2D eigenvalue weighted by atomic mass is 19.1. The number of nitrogens with zero attached hydrogens (tertiary/aromatic N) is 5. The zero-order chi connectivity index (χ0) is 18.5. The van der Waals surface area contributed by atoms with Gasteiger partial charge in [-0.3, -0.25) is 4.98 Å². The molecule has 4 rings (SSSR count). The van der Waals surface area contributed by atoms with Gasteiger partial charge in [-0.05, 0) is 37.1 Å². The Bertz CT molecular complexity index is 892. The van der Waals surface area contributed by atoms with Crippen LogP contribution in [0.4, 0.5) is 10.3 Å². The van der Waals surface area contributed by atoms with Crippen LogP contribution in [0.1, 0.15) is 18.5 Å². The number of piperidine rings is 1. The third kappa shape index (κ3) is 4.43. The van der Waals surface area contributed by atoms with Crippen molar-refractivity contribution in [2.24, 2.45) is 0 Å². The predicted molar refractivity (Wildman–Crippen MR) is 99.5 cm³/mol. The zero-order valence-corrected chi connectivity index (χ0v) is 14.8. The molecule has 0 radical (unpaired) electrons. The SMILES string of the molecule is Fc1cccc(-c2cnnc(N3CCCC(OCc4ccccn4)C3)n2)c1. The van der Waals surface area contributed by atoms with E-state index in [-0.39, 0.29) is 11.9 Å². The smallest absolute Gasteiger partial charge is 0.245 e. The molecule has 0 saturated carbocycles. The van der Waals surface area contributed by atoms with Crippen LogP contribution in [0.15, 0.2) is 54.9 Å². The van der Waals surface area contributed by atoms with Crippen molar-refractivity contribution < 1.29 is 9.13 Å². The van der Waals surface area contributed by atoms with Crippen LogP contribution < -0.4 is 4.90 Å². The molecule has 1 aliphatic rings. The fourth-order valence-electron chi connectivity index (χ4n) is 3.16. The number of hydrogen-bond acceptors (Lipinski definition) is 6. The fraction of sp³-hybridized carbons (Fsp3) is 0.300. The maximum Gasteiger partial charge on any atom is 0.245 e. The number of benzene rings is 1. The van der Waals surface area contributed by atoms with Crippen LogP contribution in [-0.2, 0) is 11.3 Å². The van der Waals surface area contributed by atoms with E-state index in [9.17, 15) is 4.39 Å². The van der Waals surface area contributed by atoms with Crippen molar-refractivity contribution in [2.75, 3.05) is 18.0 Å². The minimum Gasteiger partial charge on any atom is -0.370 e. The molecular formula is C20H20FN5O. The number of halogens is 1. The van der Waals surface area contributed by atoms with Crippen LogP contribution in [0.3, 0.4) is 0 Å². The van der Waals surface area contributed by atoms with Gasteiger partial charge in [-0.25, -0.2) is 9.37 Å². The molecule has 3 heterocycles. The van der Waals surface area contributed by atoms with Crippen molar-refractivity contribution in [1.29, 1.82) is 0 Å². The summed E-state index contributed by atoms with van der Waals surface area (Å²) in [6, 6.07) is 12.1. The second kappa shape index (κ2) is 8.18. The number of rotatable bonds is 5. The van der Waals surface area contributed by atoms with Crippen molar-refractivity contribution in [3.05, 3.63) is 66.4 Å². The van der Waals surface area contributed by atoms with Crippen molar-refractivity contribution in [1.82, 2.24) is 20.2 Å². The van der Waals surface area contributed by atoms with E-state index in [1.54, 1.807) is 18.5 Å². The van der Waals surface area contributed by atoms with Gasteiger partial charge in [-0.1, -0.05) is 18.2 Å². The van der Waals surface area contributed by atoms with E-state index < -0.39 is 0 Å². The van der Waals surface area contributed by atoms with Gasteiger partial charge in [-0.15, -0.1) is 5.10 Å². The summed E-state index contributed by atoms with van der Waals surface area (Å²) in [6.45, 7) is 2.03. The molecule has 138 valence electrons. The largest absolute Gasteiger partial charge is 0.370 e. The van der Waals surface area contributed by atoms with Crippen LogP contribution in [0.2, 0.25) is 0 Å². The molecule has 1 aliphatic heterocycles. The van der Waals surface area contributed by atoms with E-state index in [2.05, 4.69) is 25.1 Å². The first kappa shape index (κ1) is 17.5. The Hall–Kier alpha value is -2.93. The number of pyridine rings is 1. The normalized spacial score (nSPS) is 17.1. The fourth-order valence-corrected chi connectivity index (χ4v) is 3.16. The topological polar surface area (TPSA) is 64.0 Å². The summed E-state index contributed by atoms with van der Waals surface area (Å²) in [5, 5.41) is 8.22. The Morgan fingerprint density at radius 2 is 2.15 bits per heavy atom. The molecule has 0 N–H and O–H groups in total. The van der Waals surface area contributed by atoms with Gasteiger partial charge in [-0.2, -0.15) is 5.10 Å². The summed E-state index contributed by atoms with van der Waals surface area (Å²) in [5.41, 5.74) is 2.21. The standard InChI is InChI=1S/C20H20FN5O/c21-16-6-3-5-15(11-16)19-12-23-25-20(24-19)26-10-4-8-18(13-26)27-14-17-7-1-2-9-22-17/h1-3,5-7,9,11-12,18H,4,8,10,13-14H2. The molecule has 1 saturated heterocycles. The third-order valence-corrected chi connectivity index (χ3v) is 4.52. The van der Waals surface area contributed by atoms with Crippen molar-refractivity contribution in [2.45, 2.75) is 25.6 Å². The molecule has 3 aromatic rings. The lowest BCUT2D eigenvalue weighted by Gasteiger charge is -2.32. The minimum absolute atomic E-state index is 0.0854. The number of ether oxygens (including phenoxy) is 1. The van der Waals surface area contributed by atoms with Crippen LogP contribution in [0, 0.1) is 5.82 Å². The van der Waals surface area contributed by atoms with E-state index in [1.807, 2.05) is 24.3 Å². The van der Waals surface area contributed by atoms with Gasteiger partial charge in [0.2, 0.25) is 5.95 Å². The van der Waals surface area contributed by atoms with E-state index >= 15 is 0 Å². The molecule has 1 unspecified atom stereocenters. The van der Waals surface area contributed by atoms with E-state index in [0.717, 1.165) is 25.1 Å². The summed E-state index contributed by atoms with van der Waals surface area (Å²) in [7, 11) is 0. The van der Waals surface area contributed by atoms with Crippen LogP contribution >= 0.6 is 0 Å². The molecule has 27 heavy (non-hydrogen) atoms. The maximum atomic E-state index is 13.5. The molecular weight excluding hydrogens is 345 g/mol. The van der Waals surface area contributed by atoms with Gasteiger partial charge >= 0.3 is 0 Å². The highest BCUT2D eigenvalue weighted by molar-refractivity contribution is 5.59. The Labute approximate surface area is 157 Å². The lowest BCUT2D eigenvalue weighted by molar-refractivity contribution is 0.0295. The molecule has 0 spiro atoms. The molecule has 1 aromatic carbocycles. The van der Waals surface area contributed by atoms with Gasteiger partial charge < -0.3 is 9.64 Å². The molecule has 1 fully saturated rings. The lowest BCUT2D eigenvalue weighted by atomic mass is 10.1. The summed E-state index contributed by atoms with van der Waals surface area (Å²) in [6.07, 6.45) is 5.38. The first-order valence-corrected chi connectivity index (χ1v) is 9.00. The maximum absolute atomic E-state index is 13.5. The first-order chi connectivity index (χ1) is 13.3. The molecule has 2 aromatic heterocycles. The van der Waals surface area contributed by atoms with Gasteiger partial charge in [0.15, 0.2) is 0 Å². The van der Waals surface area contributed by atoms with Gasteiger partial charge in [0.25, 0.3) is 0 Å². The predicted octanol–water partition coefficient (Wildman–Crippen LogP) is 3.26. The quantitative estimate of drug-likeness (QED) is 0.692. The Kier molecular flexibility index (Phi) is 5.29. The second-order valence-electron chi connectivity index (χ2n) is 6.49. The van der Waals surface area contributed by atoms with Crippen LogP contribution in [0.25, 0.3) is 11.3 Å². The molecule has 0 bridgehead atoms. The second-order valence-corrected chi connectivity index (χ2v) is 6.49.